The summed E-state index contributed by atoms with van der Waals surface area (Å²) in [5, 5.41) is 6.69. The van der Waals surface area contributed by atoms with Crippen molar-refractivity contribution < 1.29 is 13.9 Å². The highest BCUT2D eigenvalue weighted by atomic mass is 19.1. The molecule has 122 valence electrons. The van der Waals surface area contributed by atoms with Crippen LogP contribution in [0.2, 0.25) is 0 Å². The lowest BCUT2D eigenvalue weighted by molar-refractivity contribution is -0.129. The molecule has 0 spiro atoms. The van der Waals surface area contributed by atoms with E-state index in [1.807, 2.05) is 0 Å². The normalized spacial score (nSPS) is 16.4. The molecular weight excluding hydrogens is 297 g/mol. The molecule has 2 aromatic rings. The minimum absolute atomic E-state index is 0.162. The Hall–Kier alpha value is -2.21. The van der Waals surface area contributed by atoms with Gasteiger partial charge in [-0.1, -0.05) is 12.8 Å². The van der Waals surface area contributed by atoms with Crippen LogP contribution in [-0.4, -0.2) is 27.9 Å². The van der Waals surface area contributed by atoms with Gasteiger partial charge in [0.1, 0.15) is 11.8 Å². The number of rotatable bonds is 5. The molecule has 0 radical (unpaired) electrons. The first-order valence-electron chi connectivity index (χ1n) is 7.89. The van der Waals surface area contributed by atoms with Crippen LogP contribution >= 0.6 is 0 Å². The lowest BCUT2D eigenvalue weighted by Crippen LogP contribution is -2.30. The predicted molar refractivity (Wildman–Crippen MR) is 85.0 cm³/mol. The maximum atomic E-state index is 14.1. The second-order valence-electron chi connectivity index (χ2n) is 5.79. The first-order chi connectivity index (χ1) is 11.1. The van der Waals surface area contributed by atoms with E-state index in [9.17, 15) is 9.18 Å². The van der Waals surface area contributed by atoms with Crippen LogP contribution in [0.15, 0.2) is 36.7 Å². The van der Waals surface area contributed by atoms with Gasteiger partial charge in [0.25, 0.3) is 5.91 Å². The van der Waals surface area contributed by atoms with Crippen LogP contribution in [0.3, 0.4) is 0 Å². The molecule has 1 N–H and O–H groups in total. The maximum Gasteiger partial charge on any atom is 0.253 e. The number of amides is 1. The zero-order valence-electron chi connectivity index (χ0n) is 13.0. The van der Waals surface area contributed by atoms with Gasteiger partial charge in [-0.05, 0) is 44.0 Å². The van der Waals surface area contributed by atoms with Crippen molar-refractivity contribution in [1.82, 2.24) is 9.78 Å². The summed E-state index contributed by atoms with van der Waals surface area (Å²) in [6.45, 7) is 1.72. The van der Waals surface area contributed by atoms with Crippen molar-refractivity contribution in [1.29, 1.82) is 0 Å². The monoisotopic (exact) mass is 317 g/mol. The molecule has 1 atom stereocenters. The topological polar surface area (TPSA) is 56.1 Å². The quantitative estimate of drug-likeness (QED) is 0.920. The predicted octanol–water partition coefficient (Wildman–Crippen LogP) is 3.30. The van der Waals surface area contributed by atoms with E-state index in [4.69, 9.17) is 4.74 Å². The van der Waals surface area contributed by atoms with E-state index in [0.717, 1.165) is 25.7 Å². The third-order valence-corrected chi connectivity index (χ3v) is 4.03. The Bertz CT molecular complexity index is 666. The second kappa shape index (κ2) is 6.91. The number of aromatic nitrogens is 2. The number of carbonyl (C=O) groups is 1. The largest absolute Gasteiger partial charge is 0.365 e. The Kier molecular flexibility index (Phi) is 4.71. The summed E-state index contributed by atoms with van der Waals surface area (Å²) < 4.78 is 21.3. The molecule has 1 aromatic heterocycles. The summed E-state index contributed by atoms with van der Waals surface area (Å²) in [4.78, 5) is 12.1. The first kappa shape index (κ1) is 15.7. The maximum absolute atomic E-state index is 14.1. The number of carbonyl (C=O) groups excluding carboxylic acids is 1. The molecule has 23 heavy (non-hydrogen) atoms. The van der Waals surface area contributed by atoms with Crippen molar-refractivity contribution in [2.24, 2.45) is 0 Å². The summed E-state index contributed by atoms with van der Waals surface area (Å²) in [6, 6.07) is 6.25. The van der Waals surface area contributed by atoms with Crippen LogP contribution in [0.25, 0.3) is 5.69 Å². The van der Waals surface area contributed by atoms with Crippen molar-refractivity contribution in [2.75, 3.05) is 5.32 Å². The van der Waals surface area contributed by atoms with Gasteiger partial charge in [-0.15, -0.1) is 0 Å². The van der Waals surface area contributed by atoms with Crippen LogP contribution in [0.4, 0.5) is 10.1 Å². The van der Waals surface area contributed by atoms with Gasteiger partial charge in [0.2, 0.25) is 0 Å². The molecule has 0 saturated heterocycles. The third-order valence-electron chi connectivity index (χ3n) is 4.03. The average molecular weight is 317 g/mol. The summed E-state index contributed by atoms with van der Waals surface area (Å²) >= 11 is 0. The summed E-state index contributed by atoms with van der Waals surface area (Å²) in [5.41, 5.74) is 0.744. The fourth-order valence-electron chi connectivity index (χ4n) is 2.80. The molecule has 1 aromatic carbocycles. The van der Waals surface area contributed by atoms with Crippen molar-refractivity contribution in [3.05, 3.63) is 42.5 Å². The molecule has 0 aliphatic heterocycles. The van der Waals surface area contributed by atoms with E-state index in [-0.39, 0.29) is 12.0 Å². The van der Waals surface area contributed by atoms with Gasteiger partial charge in [-0.2, -0.15) is 5.10 Å². The molecular formula is C17H20FN3O2. The standard InChI is InChI=1S/C17H20FN3O2/c1-12(23-14-5-2-3-6-14)17(22)20-13-7-8-16(15(18)11-13)21-10-4-9-19-21/h4,7-12,14H,2-3,5-6H2,1H3,(H,20,22)/t12-/m1/s1. The highest BCUT2D eigenvalue weighted by molar-refractivity contribution is 5.94. The molecule has 1 fully saturated rings. The van der Waals surface area contributed by atoms with Crippen molar-refractivity contribution in [3.63, 3.8) is 0 Å². The molecule has 1 aliphatic carbocycles. The van der Waals surface area contributed by atoms with Crippen LogP contribution < -0.4 is 5.32 Å². The number of hydrogen-bond donors (Lipinski definition) is 1. The number of nitrogens with one attached hydrogen (secondary N) is 1. The number of hydrogen-bond acceptors (Lipinski definition) is 3. The third kappa shape index (κ3) is 3.76. The fraction of sp³-hybridized carbons (Fsp3) is 0.412. The van der Waals surface area contributed by atoms with E-state index in [2.05, 4.69) is 10.4 Å². The Morgan fingerprint density at radius 2 is 2.22 bits per heavy atom. The van der Waals surface area contributed by atoms with Crippen molar-refractivity contribution in [3.8, 4) is 5.69 Å². The minimum atomic E-state index is -0.549. The van der Waals surface area contributed by atoms with E-state index in [1.54, 1.807) is 37.5 Å². The first-order valence-corrected chi connectivity index (χ1v) is 7.89. The molecule has 0 unspecified atom stereocenters. The molecule has 0 bridgehead atoms. The summed E-state index contributed by atoms with van der Waals surface area (Å²) in [5.74, 6) is -0.709. The zero-order chi connectivity index (χ0) is 16.2. The van der Waals surface area contributed by atoms with Crippen molar-refractivity contribution >= 4 is 11.6 Å². The smallest absolute Gasteiger partial charge is 0.253 e. The van der Waals surface area contributed by atoms with Crippen LogP contribution in [0.5, 0.6) is 0 Å². The molecule has 1 heterocycles. The highest BCUT2D eigenvalue weighted by Crippen LogP contribution is 2.23. The number of halogens is 1. The number of ether oxygens (including phenoxy) is 1. The van der Waals surface area contributed by atoms with Crippen LogP contribution in [0, 0.1) is 5.82 Å². The van der Waals surface area contributed by atoms with E-state index in [0.29, 0.717) is 11.4 Å². The minimum Gasteiger partial charge on any atom is -0.365 e. The van der Waals surface area contributed by atoms with E-state index in [1.165, 1.54) is 10.7 Å². The fourth-order valence-corrected chi connectivity index (χ4v) is 2.80. The SMILES string of the molecule is C[C@@H](OC1CCCC1)C(=O)Nc1ccc(-n2cccn2)c(F)c1. The average Bonchev–Trinajstić information content (AvgIpc) is 3.20. The Labute approximate surface area is 134 Å². The number of anilines is 1. The van der Waals surface area contributed by atoms with E-state index < -0.39 is 11.9 Å². The molecule has 3 rings (SSSR count). The molecule has 1 aliphatic rings. The lowest BCUT2D eigenvalue weighted by atomic mass is 10.2. The molecule has 6 heteroatoms. The number of nitrogens with zero attached hydrogens (tertiary/aromatic N) is 2. The van der Waals surface area contributed by atoms with Gasteiger partial charge in [0.15, 0.2) is 5.82 Å². The van der Waals surface area contributed by atoms with Gasteiger partial charge in [0.05, 0.1) is 6.10 Å². The Balaban J connectivity index is 1.63. The summed E-state index contributed by atoms with van der Waals surface area (Å²) in [7, 11) is 0. The highest BCUT2D eigenvalue weighted by Gasteiger charge is 2.22. The van der Waals surface area contributed by atoms with Gasteiger partial charge < -0.3 is 10.1 Å². The van der Waals surface area contributed by atoms with Gasteiger partial charge in [-0.3, -0.25) is 4.79 Å². The summed E-state index contributed by atoms with van der Waals surface area (Å²) in [6.07, 6.45) is 7.17. The molecule has 1 saturated carbocycles. The van der Waals surface area contributed by atoms with Gasteiger partial charge in [-0.25, -0.2) is 9.07 Å². The molecule has 1 amide bonds. The Morgan fingerprint density at radius 1 is 1.43 bits per heavy atom. The Morgan fingerprint density at radius 3 is 2.87 bits per heavy atom. The molecule has 5 nitrogen and oxygen atoms in total. The lowest BCUT2D eigenvalue weighted by Gasteiger charge is -2.18. The second-order valence-corrected chi connectivity index (χ2v) is 5.79. The van der Waals surface area contributed by atoms with E-state index >= 15 is 0 Å². The van der Waals surface area contributed by atoms with Crippen molar-refractivity contribution in [2.45, 2.75) is 44.8 Å². The zero-order valence-corrected chi connectivity index (χ0v) is 13.0. The van der Waals surface area contributed by atoms with Crippen LogP contribution in [0.1, 0.15) is 32.6 Å². The number of benzene rings is 1. The van der Waals surface area contributed by atoms with Gasteiger partial charge in [0, 0.05) is 18.1 Å². The van der Waals surface area contributed by atoms with Crippen LogP contribution in [-0.2, 0) is 9.53 Å². The van der Waals surface area contributed by atoms with Gasteiger partial charge >= 0.3 is 0 Å².